The van der Waals surface area contributed by atoms with E-state index in [1.165, 1.54) is 0 Å². The fraction of sp³-hybridized carbons (Fsp3) is 0.182. The minimum atomic E-state index is 0.0915. The molecule has 0 fully saturated rings. The van der Waals surface area contributed by atoms with E-state index < -0.39 is 0 Å². The second-order valence-electron chi connectivity index (χ2n) is 3.60. The third-order valence-electron chi connectivity index (χ3n) is 2.21. The molecule has 0 radical (unpaired) electrons. The van der Waals surface area contributed by atoms with Crippen LogP contribution in [0.2, 0.25) is 0 Å². The highest BCUT2D eigenvalue weighted by Gasteiger charge is 2.02. The van der Waals surface area contributed by atoms with Gasteiger partial charge in [-0.05, 0) is 12.5 Å². The van der Waals surface area contributed by atoms with Gasteiger partial charge in [-0.15, -0.1) is 5.10 Å². The van der Waals surface area contributed by atoms with Gasteiger partial charge >= 0.3 is 0 Å². The van der Waals surface area contributed by atoms with Crippen molar-refractivity contribution in [2.75, 3.05) is 0 Å². The standard InChI is InChI=1S/C11H13N5S/c1-7-14-11(16-15-7)17-6-8-2-4-9(5-3-8)10(12)13/h2-5H,6H2,1H3,(H3,12,13)(H,14,15,16). The maximum Gasteiger partial charge on any atom is 0.208 e. The van der Waals surface area contributed by atoms with E-state index in [9.17, 15) is 0 Å². The van der Waals surface area contributed by atoms with Crippen molar-refractivity contribution in [3.05, 3.63) is 41.2 Å². The number of benzene rings is 1. The molecule has 0 saturated heterocycles. The molecule has 6 heteroatoms. The van der Waals surface area contributed by atoms with Gasteiger partial charge in [-0.1, -0.05) is 36.0 Å². The number of aryl methyl sites for hydroxylation is 1. The van der Waals surface area contributed by atoms with Gasteiger partial charge in [0.15, 0.2) is 0 Å². The van der Waals surface area contributed by atoms with Gasteiger partial charge in [-0.3, -0.25) is 10.5 Å². The first-order chi connectivity index (χ1) is 8.15. The number of aromatic amines is 1. The van der Waals surface area contributed by atoms with Crippen molar-refractivity contribution < 1.29 is 0 Å². The molecule has 1 aromatic carbocycles. The van der Waals surface area contributed by atoms with Crippen LogP contribution in [0.3, 0.4) is 0 Å². The van der Waals surface area contributed by atoms with E-state index >= 15 is 0 Å². The fourth-order valence-corrected chi connectivity index (χ4v) is 2.12. The first-order valence-corrected chi connectivity index (χ1v) is 6.09. The highest BCUT2D eigenvalue weighted by molar-refractivity contribution is 7.98. The number of nitrogens with two attached hydrogens (primary N) is 1. The predicted octanol–water partition coefficient (Wildman–Crippen LogP) is 1.69. The summed E-state index contributed by atoms with van der Waals surface area (Å²) >= 11 is 1.57. The van der Waals surface area contributed by atoms with Gasteiger partial charge in [0, 0.05) is 11.3 Å². The van der Waals surface area contributed by atoms with Gasteiger partial charge in [0.05, 0.1) is 0 Å². The van der Waals surface area contributed by atoms with Crippen LogP contribution < -0.4 is 5.73 Å². The number of hydrogen-bond donors (Lipinski definition) is 3. The lowest BCUT2D eigenvalue weighted by molar-refractivity contribution is 0.969. The molecule has 17 heavy (non-hydrogen) atoms. The molecule has 0 atom stereocenters. The van der Waals surface area contributed by atoms with E-state index in [0.717, 1.165) is 27.9 Å². The van der Waals surface area contributed by atoms with Crippen molar-refractivity contribution >= 4 is 17.6 Å². The van der Waals surface area contributed by atoms with Crippen LogP contribution in [0.4, 0.5) is 0 Å². The summed E-state index contributed by atoms with van der Waals surface area (Å²) in [5.74, 6) is 1.71. The lowest BCUT2D eigenvalue weighted by atomic mass is 10.1. The topological polar surface area (TPSA) is 91.4 Å². The largest absolute Gasteiger partial charge is 0.384 e. The second-order valence-corrected chi connectivity index (χ2v) is 4.55. The number of rotatable bonds is 4. The lowest BCUT2D eigenvalue weighted by Gasteiger charge is -2.01. The number of hydrogen-bond acceptors (Lipinski definition) is 4. The van der Waals surface area contributed by atoms with E-state index in [1.807, 2.05) is 31.2 Å². The van der Waals surface area contributed by atoms with Crippen LogP contribution in [0.5, 0.6) is 0 Å². The third kappa shape index (κ3) is 3.07. The molecule has 1 heterocycles. The van der Waals surface area contributed by atoms with Crippen LogP contribution in [0.15, 0.2) is 29.4 Å². The summed E-state index contributed by atoms with van der Waals surface area (Å²) in [6.07, 6.45) is 0. The molecule has 0 amide bonds. The Hall–Kier alpha value is -1.82. The van der Waals surface area contributed by atoms with Crippen LogP contribution in [0, 0.1) is 12.3 Å². The Balaban J connectivity index is 1.97. The van der Waals surface area contributed by atoms with Crippen molar-refractivity contribution in [1.29, 1.82) is 5.41 Å². The zero-order valence-corrected chi connectivity index (χ0v) is 10.2. The molecule has 88 valence electrons. The Bertz CT molecular complexity index is 517. The zero-order valence-electron chi connectivity index (χ0n) is 9.40. The van der Waals surface area contributed by atoms with Crippen molar-refractivity contribution in [2.24, 2.45) is 5.73 Å². The first kappa shape index (κ1) is 11.7. The Kier molecular flexibility index (Phi) is 3.43. The number of nitrogens with one attached hydrogen (secondary N) is 2. The molecule has 0 aliphatic rings. The summed E-state index contributed by atoms with van der Waals surface area (Å²) in [6, 6.07) is 7.62. The third-order valence-corrected chi connectivity index (χ3v) is 3.13. The molecule has 2 aromatic rings. The highest BCUT2D eigenvalue weighted by atomic mass is 32.2. The molecule has 0 unspecified atom stereocenters. The van der Waals surface area contributed by atoms with Crippen molar-refractivity contribution in [1.82, 2.24) is 15.2 Å². The molecule has 1 aromatic heterocycles. The Morgan fingerprint density at radius 1 is 1.41 bits per heavy atom. The van der Waals surface area contributed by atoms with Crippen LogP contribution in [-0.2, 0) is 5.75 Å². The van der Waals surface area contributed by atoms with Crippen LogP contribution in [0.25, 0.3) is 0 Å². The summed E-state index contributed by atoms with van der Waals surface area (Å²) in [5.41, 5.74) is 7.28. The molecule has 5 nitrogen and oxygen atoms in total. The van der Waals surface area contributed by atoms with Gasteiger partial charge in [0.1, 0.15) is 11.7 Å². The SMILES string of the molecule is Cc1nc(SCc2ccc(C(=N)N)cc2)n[nH]1. The van der Waals surface area contributed by atoms with Gasteiger partial charge in [-0.25, -0.2) is 4.98 Å². The number of nitrogens with zero attached hydrogens (tertiary/aromatic N) is 2. The van der Waals surface area contributed by atoms with Gasteiger partial charge in [-0.2, -0.15) is 0 Å². The summed E-state index contributed by atoms with van der Waals surface area (Å²) in [6.45, 7) is 1.87. The minimum Gasteiger partial charge on any atom is -0.384 e. The summed E-state index contributed by atoms with van der Waals surface area (Å²) in [5, 5.41) is 14.9. The van der Waals surface area contributed by atoms with Gasteiger partial charge < -0.3 is 5.73 Å². The minimum absolute atomic E-state index is 0.0915. The second kappa shape index (κ2) is 5.01. The van der Waals surface area contributed by atoms with Crippen LogP contribution in [0.1, 0.15) is 17.0 Å². The molecule has 0 aliphatic heterocycles. The summed E-state index contributed by atoms with van der Waals surface area (Å²) < 4.78 is 0. The van der Waals surface area contributed by atoms with E-state index in [1.54, 1.807) is 11.8 Å². The molecule has 4 N–H and O–H groups in total. The normalized spacial score (nSPS) is 10.4. The number of amidine groups is 1. The van der Waals surface area contributed by atoms with Crippen LogP contribution in [-0.4, -0.2) is 21.0 Å². The van der Waals surface area contributed by atoms with Gasteiger partial charge in [0.25, 0.3) is 0 Å². The number of nitrogen functional groups attached to an aromatic ring is 1. The monoisotopic (exact) mass is 247 g/mol. The quantitative estimate of drug-likeness (QED) is 0.435. The van der Waals surface area contributed by atoms with Crippen LogP contribution >= 0.6 is 11.8 Å². The Morgan fingerprint density at radius 2 is 2.12 bits per heavy atom. The van der Waals surface area contributed by atoms with Crippen molar-refractivity contribution in [3.63, 3.8) is 0 Å². The maximum absolute atomic E-state index is 7.29. The lowest BCUT2D eigenvalue weighted by Crippen LogP contribution is -2.10. The molecular formula is C11H13N5S. The van der Waals surface area contributed by atoms with Gasteiger partial charge in [0.2, 0.25) is 5.16 Å². The molecular weight excluding hydrogens is 234 g/mol. The number of H-pyrrole nitrogens is 1. The highest BCUT2D eigenvalue weighted by Crippen LogP contribution is 2.19. The molecule has 0 saturated carbocycles. The van der Waals surface area contributed by atoms with E-state index in [4.69, 9.17) is 11.1 Å². The molecule has 0 aliphatic carbocycles. The Morgan fingerprint density at radius 3 is 2.65 bits per heavy atom. The predicted molar refractivity (Wildman–Crippen MR) is 68.1 cm³/mol. The van der Waals surface area contributed by atoms with E-state index in [0.29, 0.717) is 0 Å². The molecule has 0 spiro atoms. The fourth-order valence-electron chi connectivity index (χ4n) is 1.32. The van der Waals surface area contributed by atoms with E-state index in [-0.39, 0.29) is 5.84 Å². The molecule has 0 bridgehead atoms. The average Bonchev–Trinajstić information content (AvgIpc) is 2.73. The Labute approximate surface area is 103 Å². The summed E-state index contributed by atoms with van der Waals surface area (Å²) in [4.78, 5) is 4.21. The summed E-state index contributed by atoms with van der Waals surface area (Å²) in [7, 11) is 0. The first-order valence-electron chi connectivity index (χ1n) is 5.10. The zero-order chi connectivity index (χ0) is 12.3. The average molecular weight is 247 g/mol. The van der Waals surface area contributed by atoms with Crippen molar-refractivity contribution in [2.45, 2.75) is 17.8 Å². The number of thioether (sulfide) groups is 1. The smallest absolute Gasteiger partial charge is 0.208 e. The van der Waals surface area contributed by atoms with Crippen molar-refractivity contribution in [3.8, 4) is 0 Å². The van der Waals surface area contributed by atoms with E-state index in [2.05, 4.69) is 15.2 Å². The molecule has 2 rings (SSSR count). The number of aromatic nitrogens is 3. The maximum atomic E-state index is 7.29.